The van der Waals surface area contributed by atoms with Gasteiger partial charge in [-0.3, -0.25) is 4.79 Å². The minimum atomic E-state index is -0.159. The molecule has 4 rings (SSSR count). The smallest absolute Gasteiger partial charge is 0.258 e. The van der Waals surface area contributed by atoms with Gasteiger partial charge in [0.05, 0.1) is 10.9 Å². The first-order chi connectivity index (χ1) is 12.9. The van der Waals surface area contributed by atoms with Gasteiger partial charge < -0.3 is 15.2 Å². The Morgan fingerprint density at radius 3 is 2.63 bits per heavy atom. The first-order valence-electron chi connectivity index (χ1n) is 9.21. The van der Waals surface area contributed by atoms with Crippen LogP contribution in [0.2, 0.25) is 5.02 Å². The van der Waals surface area contributed by atoms with E-state index in [0.29, 0.717) is 28.2 Å². The number of rotatable bonds is 2. The lowest BCUT2D eigenvalue weighted by molar-refractivity contribution is 0.417. The van der Waals surface area contributed by atoms with Gasteiger partial charge in [0.2, 0.25) is 0 Å². The van der Waals surface area contributed by atoms with Crippen LogP contribution in [-0.4, -0.2) is 21.0 Å². The maximum atomic E-state index is 12.4. The second kappa shape index (κ2) is 7.61. The predicted molar refractivity (Wildman–Crippen MR) is 112 cm³/mol. The van der Waals surface area contributed by atoms with Crippen molar-refractivity contribution in [3.05, 3.63) is 74.2 Å². The zero-order valence-electron chi connectivity index (χ0n) is 16.4. The fourth-order valence-corrected chi connectivity index (χ4v) is 3.55. The van der Waals surface area contributed by atoms with E-state index >= 15 is 0 Å². The van der Waals surface area contributed by atoms with Crippen LogP contribution >= 0.6 is 11.6 Å². The van der Waals surface area contributed by atoms with Gasteiger partial charge in [-0.1, -0.05) is 25.4 Å². The molecule has 0 saturated carbocycles. The Morgan fingerprint density at radius 1 is 1.15 bits per heavy atom. The predicted octanol–water partition coefficient (Wildman–Crippen LogP) is 4.39. The second-order valence-electron chi connectivity index (χ2n) is 6.66. The maximum Gasteiger partial charge on any atom is 0.258 e. The molecular formula is C21H25ClN4O. The third kappa shape index (κ3) is 3.78. The van der Waals surface area contributed by atoms with Gasteiger partial charge in [0.15, 0.2) is 0 Å². The van der Waals surface area contributed by atoms with Gasteiger partial charge in [-0.2, -0.15) is 0 Å². The average molecular weight is 385 g/mol. The molecule has 1 aromatic heterocycles. The van der Waals surface area contributed by atoms with Crippen LogP contribution in [0.5, 0.6) is 0 Å². The number of aromatic amines is 1. The topological polar surface area (TPSA) is 61.0 Å². The molecule has 3 heterocycles. The Labute approximate surface area is 164 Å². The minimum absolute atomic E-state index is 0.131. The van der Waals surface area contributed by atoms with Crippen molar-refractivity contribution in [1.29, 1.82) is 0 Å². The number of aromatic nitrogens is 2. The first kappa shape index (κ1) is 19.2. The fourth-order valence-electron chi connectivity index (χ4n) is 3.28. The van der Waals surface area contributed by atoms with Crippen molar-refractivity contribution in [3.63, 3.8) is 0 Å². The Morgan fingerprint density at radius 2 is 1.89 bits per heavy atom. The summed E-state index contributed by atoms with van der Waals surface area (Å²) in [5, 5.41) is 4.54. The van der Waals surface area contributed by atoms with E-state index in [9.17, 15) is 4.79 Å². The average Bonchev–Trinajstić information content (AvgIpc) is 2.99. The van der Waals surface area contributed by atoms with E-state index in [0.717, 1.165) is 11.3 Å². The standard InChI is InChI=1S/C19H19ClN4O.C2H6/c1-10-5-17-21-14(9-24(17)8-12(10)3)7-16-22-18-11(2)4-13(20)6-15(18)19(25)23-16;1-2/h4-6,8-9,17,21H,7H2,1-3H3,(H,22,23,25);1-2H3. The third-order valence-corrected chi connectivity index (χ3v) is 4.92. The SMILES string of the molecule is CC.CC1=CC2NC(Cc3nc4c(C)cc(Cl)cc4c(=O)[nH]3)=CN2C=C1C. The number of aryl methyl sites for hydroxylation is 1. The molecule has 2 N–H and O–H groups in total. The van der Waals surface area contributed by atoms with Crippen molar-refractivity contribution in [1.82, 2.24) is 20.2 Å². The summed E-state index contributed by atoms with van der Waals surface area (Å²) in [6.45, 7) is 10.1. The van der Waals surface area contributed by atoms with Crippen LogP contribution in [-0.2, 0) is 6.42 Å². The Hall–Kier alpha value is -2.53. The Bertz CT molecular complexity index is 1030. The van der Waals surface area contributed by atoms with Crippen LogP contribution in [0.25, 0.3) is 10.9 Å². The van der Waals surface area contributed by atoms with Gasteiger partial charge in [-0.25, -0.2) is 4.98 Å². The monoisotopic (exact) mass is 384 g/mol. The molecule has 2 aliphatic rings. The minimum Gasteiger partial charge on any atom is -0.363 e. The van der Waals surface area contributed by atoms with Crippen LogP contribution in [0.4, 0.5) is 0 Å². The summed E-state index contributed by atoms with van der Waals surface area (Å²) in [6, 6.07) is 3.49. The molecule has 0 spiro atoms. The zero-order chi connectivity index (χ0) is 19.7. The van der Waals surface area contributed by atoms with Crippen molar-refractivity contribution in [2.45, 2.75) is 47.2 Å². The van der Waals surface area contributed by atoms with Gasteiger partial charge >= 0.3 is 0 Å². The Balaban J connectivity index is 0.00000102. The molecule has 0 aliphatic carbocycles. The van der Waals surface area contributed by atoms with Gasteiger partial charge in [-0.15, -0.1) is 0 Å². The quantitative estimate of drug-likeness (QED) is 0.806. The largest absolute Gasteiger partial charge is 0.363 e. The normalized spacial score (nSPS) is 18.1. The van der Waals surface area contributed by atoms with E-state index in [1.165, 1.54) is 11.1 Å². The summed E-state index contributed by atoms with van der Waals surface area (Å²) in [6.07, 6.45) is 7.06. The number of fused-ring (bicyclic) bond motifs is 2. The number of H-pyrrole nitrogens is 1. The van der Waals surface area contributed by atoms with E-state index < -0.39 is 0 Å². The lowest BCUT2D eigenvalue weighted by atomic mass is 10.1. The molecule has 142 valence electrons. The number of allylic oxidation sites excluding steroid dienone is 3. The lowest BCUT2D eigenvalue weighted by Crippen LogP contribution is -2.33. The Kier molecular flexibility index (Phi) is 5.42. The number of hydrogen-bond acceptors (Lipinski definition) is 4. The summed E-state index contributed by atoms with van der Waals surface area (Å²) in [5.41, 5.74) is 4.99. The lowest BCUT2D eigenvalue weighted by Gasteiger charge is -2.25. The van der Waals surface area contributed by atoms with E-state index in [1.54, 1.807) is 6.07 Å². The highest BCUT2D eigenvalue weighted by atomic mass is 35.5. The number of hydrogen-bond donors (Lipinski definition) is 2. The van der Waals surface area contributed by atoms with Crippen LogP contribution in [0.15, 0.2) is 52.2 Å². The molecule has 0 amide bonds. The van der Waals surface area contributed by atoms with Crippen LogP contribution in [0.3, 0.4) is 0 Å². The van der Waals surface area contributed by atoms with Gasteiger partial charge in [0, 0.05) is 29.5 Å². The highest BCUT2D eigenvalue weighted by molar-refractivity contribution is 6.31. The van der Waals surface area contributed by atoms with E-state index in [1.807, 2.05) is 26.8 Å². The highest BCUT2D eigenvalue weighted by Crippen LogP contribution is 2.25. The van der Waals surface area contributed by atoms with Crippen molar-refractivity contribution in [2.75, 3.05) is 0 Å². The van der Waals surface area contributed by atoms with Crippen LogP contribution in [0.1, 0.15) is 39.1 Å². The van der Waals surface area contributed by atoms with Crippen molar-refractivity contribution in [3.8, 4) is 0 Å². The van der Waals surface area contributed by atoms with Gasteiger partial charge in [0.25, 0.3) is 5.56 Å². The molecule has 0 radical (unpaired) electrons. The molecule has 1 aromatic carbocycles. The van der Waals surface area contributed by atoms with Crippen LogP contribution in [0, 0.1) is 6.92 Å². The van der Waals surface area contributed by atoms with Crippen molar-refractivity contribution in [2.24, 2.45) is 0 Å². The summed E-state index contributed by atoms with van der Waals surface area (Å²) in [5.74, 6) is 0.642. The molecule has 5 nitrogen and oxygen atoms in total. The summed E-state index contributed by atoms with van der Waals surface area (Å²) >= 11 is 6.05. The summed E-state index contributed by atoms with van der Waals surface area (Å²) in [7, 11) is 0. The van der Waals surface area contributed by atoms with Gasteiger partial charge in [-0.05, 0) is 55.7 Å². The molecule has 1 atom stereocenters. The maximum absolute atomic E-state index is 12.4. The second-order valence-corrected chi connectivity index (χ2v) is 7.10. The highest BCUT2D eigenvalue weighted by Gasteiger charge is 2.24. The van der Waals surface area contributed by atoms with Crippen molar-refractivity contribution < 1.29 is 0 Å². The summed E-state index contributed by atoms with van der Waals surface area (Å²) < 4.78 is 0. The first-order valence-corrected chi connectivity index (χ1v) is 9.59. The van der Waals surface area contributed by atoms with Crippen LogP contribution < -0.4 is 10.9 Å². The molecule has 0 saturated heterocycles. The fraction of sp³-hybridized carbons (Fsp3) is 0.333. The molecule has 2 aliphatic heterocycles. The molecular weight excluding hydrogens is 360 g/mol. The summed E-state index contributed by atoms with van der Waals surface area (Å²) in [4.78, 5) is 22.1. The third-order valence-electron chi connectivity index (χ3n) is 4.70. The molecule has 1 unspecified atom stereocenters. The van der Waals surface area contributed by atoms with E-state index in [2.05, 4.69) is 52.5 Å². The molecule has 0 fully saturated rings. The number of benzene rings is 1. The molecule has 0 bridgehead atoms. The molecule has 6 heteroatoms. The van der Waals surface area contributed by atoms with Crippen molar-refractivity contribution >= 4 is 22.5 Å². The van der Waals surface area contributed by atoms with Gasteiger partial charge in [0.1, 0.15) is 12.0 Å². The molecule has 2 aromatic rings. The number of halogens is 1. The zero-order valence-corrected chi connectivity index (χ0v) is 17.1. The van der Waals surface area contributed by atoms with E-state index in [4.69, 9.17) is 11.6 Å². The number of nitrogens with one attached hydrogen (secondary N) is 2. The molecule has 27 heavy (non-hydrogen) atoms. The number of nitrogens with zero attached hydrogens (tertiary/aromatic N) is 2. The van der Waals surface area contributed by atoms with E-state index in [-0.39, 0.29) is 11.7 Å².